The molecule has 1 aromatic heterocycles. The summed E-state index contributed by atoms with van der Waals surface area (Å²) in [6.07, 6.45) is -4.30. The van der Waals surface area contributed by atoms with Crippen LogP contribution in [0.5, 0.6) is 0 Å². The zero-order valence-electron chi connectivity index (χ0n) is 17.2. The number of H-pyrrole nitrogens is 1. The molecular weight excluding hydrogens is 489 g/mol. The Morgan fingerprint density at radius 2 is 2.15 bits per heavy atom. The second-order valence-electron chi connectivity index (χ2n) is 7.80. The van der Waals surface area contributed by atoms with E-state index in [-0.39, 0.29) is 18.1 Å². The molecule has 0 amide bonds. The van der Waals surface area contributed by atoms with Gasteiger partial charge in [-0.15, -0.1) is 0 Å². The average Bonchev–Trinajstić information content (AvgIpc) is 2.95. The first-order valence-corrected chi connectivity index (χ1v) is 11.7. The molecule has 2 fully saturated rings. The molecule has 3 heterocycles. The van der Waals surface area contributed by atoms with Gasteiger partial charge in [0, 0.05) is 23.7 Å². The summed E-state index contributed by atoms with van der Waals surface area (Å²) in [5, 5.41) is 10.5. The van der Waals surface area contributed by atoms with E-state index in [9.17, 15) is 23.7 Å². The van der Waals surface area contributed by atoms with E-state index in [4.69, 9.17) is 29.9 Å². The highest BCUT2D eigenvalue weighted by molar-refractivity contribution is 7.48. The number of phosphoric ester groups is 1. The summed E-state index contributed by atoms with van der Waals surface area (Å²) < 4.78 is 63.9. The van der Waals surface area contributed by atoms with Gasteiger partial charge < -0.3 is 9.84 Å². The number of hydrogen-bond acceptors (Lipinski definition) is 8. The molecule has 10 nitrogen and oxygen atoms in total. The Bertz CT molecular complexity index is 1180. The normalized spacial score (nSPS) is 34.5. The van der Waals surface area contributed by atoms with Crippen LogP contribution < -0.4 is 11.2 Å². The third kappa shape index (κ3) is 4.97. The van der Waals surface area contributed by atoms with Crippen LogP contribution in [-0.2, 0) is 22.9 Å². The number of benzene rings is 1. The van der Waals surface area contributed by atoms with Crippen molar-refractivity contribution in [3.63, 3.8) is 0 Å². The molecule has 0 spiro atoms. The Morgan fingerprint density at radius 1 is 1.39 bits per heavy atom. The van der Waals surface area contributed by atoms with Crippen LogP contribution in [0.3, 0.4) is 0 Å². The summed E-state index contributed by atoms with van der Waals surface area (Å²) in [4.78, 5) is 25.3. The van der Waals surface area contributed by atoms with E-state index >= 15 is 4.39 Å². The minimum Gasteiger partial charge on any atom is -0.387 e. The molecule has 2 aliphatic heterocycles. The van der Waals surface area contributed by atoms with Crippen LogP contribution in [0.1, 0.15) is 31.2 Å². The number of aromatic nitrogens is 2. The number of rotatable bonds is 5. The molecule has 2 aromatic rings. The predicted octanol–water partition coefficient (Wildman–Crippen LogP) is 2.62. The molecule has 2 saturated heterocycles. The minimum atomic E-state index is -4.19. The van der Waals surface area contributed by atoms with E-state index in [1.165, 1.54) is 12.1 Å². The maximum atomic E-state index is 15.2. The number of aliphatic hydroxyl groups is 1. The zero-order valence-corrected chi connectivity index (χ0v) is 18.8. The standard InChI is InChI=1S/C19H20ClF2N2O8P/c1-19(22)16(26)14(31-17(19)24-4-2-15(25)23-18(24)27)9-30-33(28)29-5-3-13(32-33)10-6-11(20)8-12(21)7-10/h2,4,6-8,13-14,16-17,26H,3,5,9H2,1H3,(H,23,25,27)/t13-,14-,16-,17-,19-,33-/m1/s1. The number of phosphoric acid groups is 1. The summed E-state index contributed by atoms with van der Waals surface area (Å²) in [7, 11) is -4.19. The van der Waals surface area contributed by atoms with Gasteiger partial charge in [-0.25, -0.2) is 18.1 Å². The highest BCUT2D eigenvalue weighted by atomic mass is 35.5. The summed E-state index contributed by atoms with van der Waals surface area (Å²) in [5.74, 6) is -0.600. The first-order chi connectivity index (χ1) is 15.5. The number of alkyl halides is 1. The lowest BCUT2D eigenvalue weighted by atomic mass is 9.98. The Hall–Kier alpha value is -1.92. The summed E-state index contributed by atoms with van der Waals surface area (Å²) in [6.45, 7) is 0.364. The zero-order chi connectivity index (χ0) is 24.0. The largest absolute Gasteiger partial charge is 0.475 e. The Labute approximate surface area is 190 Å². The van der Waals surface area contributed by atoms with Gasteiger partial charge >= 0.3 is 13.5 Å². The molecule has 4 rings (SSSR count). The van der Waals surface area contributed by atoms with Gasteiger partial charge in [0.1, 0.15) is 18.0 Å². The van der Waals surface area contributed by atoms with Gasteiger partial charge in [-0.05, 0) is 30.7 Å². The van der Waals surface area contributed by atoms with Crippen LogP contribution in [0, 0.1) is 5.82 Å². The lowest BCUT2D eigenvalue weighted by Crippen LogP contribution is -2.43. The number of aromatic amines is 1. The number of aliphatic hydroxyl groups excluding tert-OH is 1. The van der Waals surface area contributed by atoms with Crippen molar-refractivity contribution in [1.29, 1.82) is 0 Å². The van der Waals surface area contributed by atoms with Gasteiger partial charge in [0.25, 0.3) is 5.56 Å². The van der Waals surface area contributed by atoms with Crippen molar-refractivity contribution in [2.75, 3.05) is 13.2 Å². The Kier molecular flexibility index (Phi) is 6.62. The van der Waals surface area contributed by atoms with E-state index in [2.05, 4.69) is 0 Å². The Balaban J connectivity index is 1.47. The maximum absolute atomic E-state index is 15.2. The van der Waals surface area contributed by atoms with E-state index in [1.54, 1.807) is 0 Å². The molecule has 14 heteroatoms. The first-order valence-electron chi connectivity index (χ1n) is 9.86. The number of ether oxygens (including phenoxy) is 1. The van der Waals surface area contributed by atoms with Gasteiger partial charge in [-0.3, -0.25) is 27.9 Å². The highest BCUT2D eigenvalue weighted by Crippen LogP contribution is 2.57. The molecule has 0 unspecified atom stereocenters. The first kappa shape index (κ1) is 24.2. The lowest BCUT2D eigenvalue weighted by Gasteiger charge is -2.30. The highest BCUT2D eigenvalue weighted by Gasteiger charge is 2.56. The molecule has 2 aliphatic rings. The smallest absolute Gasteiger partial charge is 0.387 e. The molecule has 2 N–H and O–H groups in total. The average molecular weight is 509 g/mol. The quantitative estimate of drug-likeness (QED) is 0.590. The molecule has 1 aromatic carbocycles. The minimum absolute atomic E-state index is 0.0413. The van der Waals surface area contributed by atoms with E-state index in [0.717, 1.165) is 29.8 Å². The van der Waals surface area contributed by atoms with Gasteiger partial charge in [0.15, 0.2) is 11.9 Å². The summed E-state index contributed by atoms with van der Waals surface area (Å²) in [5.41, 5.74) is -3.75. The SMILES string of the molecule is C[C@@]1(F)[C@H](O)[C@@H](CO[P@@]2(=O)OCC[C@H](c3cc(F)cc(Cl)c3)O2)O[C@H]1n1ccc(=O)[nH]c1=O. The van der Waals surface area contributed by atoms with Crippen molar-refractivity contribution < 1.29 is 36.8 Å². The van der Waals surface area contributed by atoms with E-state index in [1.807, 2.05) is 4.98 Å². The fraction of sp³-hybridized carbons (Fsp3) is 0.474. The molecule has 33 heavy (non-hydrogen) atoms. The fourth-order valence-electron chi connectivity index (χ4n) is 3.69. The van der Waals surface area contributed by atoms with Gasteiger partial charge in [0.05, 0.1) is 19.3 Å². The van der Waals surface area contributed by atoms with E-state index in [0.29, 0.717) is 5.56 Å². The van der Waals surface area contributed by atoms with Crippen LogP contribution in [0.15, 0.2) is 40.1 Å². The predicted molar refractivity (Wildman–Crippen MR) is 110 cm³/mol. The number of halogens is 3. The monoisotopic (exact) mass is 508 g/mol. The van der Waals surface area contributed by atoms with Crippen LogP contribution in [-0.4, -0.2) is 45.7 Å². The van der Waals surface area contributed by atoms with Gasteiger partial charge in [-0.1, -0.05) is 11.6 Å². The molecule has 180 valence electrons. The van der Waals surface area contributed by atoms with Crippen molar-refractivity contribution in [2.24, 2.45) is 0 Å². The number of hydrogen-bond donors (Lipinski definition) is 2. The van der Waals surface area contributed by atoms with Gasteiger partial charge in [-0.2, -0.15) is 0 Å². The molecule has 0 aliphatic carbocycles. The second-order valence-corrected chi connectivity index (χ2v) is 9.86. The van der Waals surface area contributed by atoms with E-state index < -0.39 is 61.7 Å². The maximum Gasteiger partial charge on any atom is 0.475 e. The number of nitrogens with zero attached hydrogens (tertiary/aromatic N) is 1. The third-order valence-electron chi connectivity index (χ3n) is 5.36. The molecule has 6 atom stereocenters. The Morgan fingerprint density at radius 3 is 2.85 bits per heavy atom. The molecule has 0 radical (unpaired) electrons. The second kappa shape index (κ2) is 9.03. The topological polar surface area (TPSA) is 129 Å². The van der Waals surface area contributed by atoms with Crippen molar-refractivity contribution in [3.8, 4) is 0 Å². The van der Waals surface area contributed by atoms with Crippen LogP contribution in [0.4, 0.5) is 8.78 Å². The van der Waals surface area contributed by atoms with Crippen molar-refractivity contribution in [2.45, 2.75) is 43.6 Å². The third-order valence-corrected chi connectivity index (χ3v) is 7.06. The lowest BCUT2D eigenvalue weighted by molar-refractivity contribution is -0.0654. The van der Waals surface area contributed by atoms with Crippen molar-refractivity contribution >= 4 is 19.4 Å². The molecule has 0 saturated carbocycles. The van der Waals surface area contributed by atoms with Crippen molar-refractivity contribution in [3.05, 3.63) is 67.7 Å². The van der Waals surface area contributed by atoms with Gasteiger partial charge in [0.2, 0.25) is 0 Å². The van der Waals surface area contributed by atoms with Crippen LogP contribution in [0.25, 0.3) is 0 Å². The fourth-order valence-corrected chi connectivity index (χ4v) is 5.32. The number of nitrogens with one attached hydrogen (secondary N) is 1. The molecular formula is C19H20ClF2N2O8P. The molecule has 0 bridgehead atoms. The van der Waals surface area contributed by atoms with Crippen molar-refractivity contribution in [1.82, 2.24) is 9.55 Å². The van der Waals surface area contributed by atoms with Crippen LogP contribution in [0.2, 0.25) is 5.02 Å². The summed E-state index contributed by atoms with van der Waals surface area (Å²) in [6, 6.07) is 4.74. The summed E-state index contributed by atoms with van der Waals surface area (Å²) >= 11 is 5.86. The van der Waals surface area contributed by atoms with Crippen LogP contribution >= 0.6 is 19.4 Å².